The molecule has 0 atom stereocenters. The molecule has 0 saturated carbocycles. The standard InChI is InChI=1S/C7H19N3/c1-9-6-4-3-5-7-10(2)8/h9H,3-8H2,1-2H3. The fourth-order valence-corrected chi connectivity index (χ4v) is 0.840. The van der Waals surface area contributed by atoms with Crippen LogP contribution in [-0.4, -0.2) is 32.2 Å². The molecule has 3 nitrogen and oxygen atoms in total. The number of nitrogens with two attached hydrogens (primary N) is 1. The van der Waals surface area contributed by atoms with Crippen LogP contribution in [0.25, 0.3) is 0 Å². The zero-order valence-corrected chi connectivity index (χ0v) is 7.06. The summed E-state index contributed by atoms with van der Waals surface area (Å²) >= 11 is 0. The van der Waals surface area contributed by atoms with E-state index in [0.29, 0.717) is 0 Å². The van der Waals surface area contributed by atoms with Gasteiger partial charge in [0.1, 0.15) is 0 Å². The molecule has 0 saturated heterocycles. The fraction of sp³-hybridized carbons (Fsp3) is 1.00. The number of nitrogens with zero attached hydrogens (tertiary/aromatic N) is 1. The van der Waals surface area contributed by atoms with Crippen molar-refractivity contribution in [2.45, 2.75) is 19.3 Å². The second kappa shape index (κ2) is 6.99. The number of unbranched alkanes of at least 4 members (excludes halogenated alkanes) is 2. The first-order valence-electron chi connectivity index (χ1n) is 3.88. The van der Waals surface area contributed by atoms with Crippen molar-refractivity contribution in [1.82, 2.24) is 10.3 Å². The van der Waals surface area contributed by atoms with Crippen molar-refractivity contribution in [2.75, 3.05) is 27.2 Å². The van der Waals surface area contributed by atoms with E-state index in [-0.39, 0.29) is 0 Å². The van der Waals surface area contributed by atoms with Crippen molar-refractivity contribution in [3.8, 4) is 0 Å². The molecule has 0 radical (unpaired) electrons. The Hall–Kier alpha value is -0.120. The third-order valence-corrected chi connectivity index (χ3v) is 1.44. The van der Waals surface area contributed by atoms with Gasteiger partial charge in [-0.3, -0.25) is 10.9 Å². The van der Waals surface area contributed by atoms with Crippen LogP contribution in [0.3, 0.4) is 0 Å². The molecule has 0 amide bonds. The summed E-state index contributed by atoms with van der Waals surface area (Å²) in [5.74, 6) is 5.42. The maximum atomic E-state index is 5.42. The monoisotopic (exact) mass is 145 g/mol. The van der Waals surface area contributed by atoms with E-state index in [9.17, 15) is 0 Å². The Morgan fingerprint density at radius 2 is 2.00 bits per heavy atom. The van der Waals surface area contributed by atoms with Crippen molar-refractivity contribution in [3.05, 3.63) is 0 Å². The molecule has 3 heteroatoms. The van der Waals surface area contributed by atoms with Gasteiger partial charge in [-0.15, -0.1) is 0 Å². The average molecular weight is 145 g/mol. The smallest absolute Gasteiger partial charge is 0.0125 e. The quantitative estimate of drug-likeness (QED) is 0.318. The normalized spacial score (nSPS) is 10.8. The van der Waals surface area contributed by atoms with Crippen LogP contribution in [-0.2, 0) is 0 Å². The van der Waals surface area contributed by atoms with Crippen LogP contribution in [0.4, 0.5) is 0 Å². The van der Waals surface area contributed by atoms with Crippen molar-refractivity contribution in [1.29, 1.82) is 0 Å². The molecule has 0 bridgehead atoms. The molecule has 0 unspecified atom stereocenters. The lowest BCUT2D eigenvalue weighted by Gasteiger charge is -2.07. The molecular weight excluding hydrogens is 126 g/mol. The topological polar surface area (TPSA) is 41.3 Å². The molecule has 0 aliphatic carbocycles. The summed E-state index contributed by atoms with van der Waals surface area (Å²) in [7, 11) is 3.88. The van der Waals surface area contributed by atoms with Gasteiger partial charge in [0.25, 0.3) is 0 Å². The molecule has 3 N–H and O–H groups in total. The van der Waals surface area contributed by atoms with Gasteiger partial charge >= 0.3 is 0 Å². The highest BCUT2D eigenvalue weighted by atomic mass is 15.4. The maximum Gasteiger partial charge on any atom is 0.0125 e. The molecular formula is C7H19N3. The van der Waals surface area contributed by atoms with E-state index in [2.05, 4.69) is 5.32 Å². The van der Waals surface area contributed by atoms with E-state index in [1.165, 1.54) is 19.3 Å². The molecule has 0 aliphatic rings. The molecule has 0 aromatic heterocycles. The molecule has 0 aromatic carbocycles. The first-order chi connectivity index (χ1) is 4.77. The fourth-order valence-electron chi connectivity index (χ4n) is 0.840. The van der Waals surface area contributed by atoms with Crippen molar-refractivity contribution in [2.24, 2.45) is 5.84 Å². The zero-order valence-electron chi connectivity index (χ0n) is 7.06. The molecule has 0 spiro atoms. The first kappa shape index (κ1) is 9.88. The molecule has 0 heterocycles. The molecule has 0 rings (SSSR count). The Balaban J connectivity index is 2.77. The second-order valence-corrected chi connectivity index (χ2v) is 2.64. The highest BCUT2D eigenvalue weighted by Crippen LogP contribution is 1.93. The lowest BCUT2D eigenvalue weighted by molar-refractivity contribution is 0.337. The van der Waals surface area contributed by atoms with Gasteiger partial charge in [-0.05, 0) is 26.4 Å². The van der Waals surface area contributed by atoms with Crippen LogP contribution in [0.5, 0.6) is 0 Å². The molecule has 62 valence electrons. The van der Waals surface area contributed by atoms with Gasteiger partial charge in [-0.25, -0.2) is 0 Å². The van der Waals surface area contributed by atoms with E-state index < -0.39 is 0 Å². The Labute approximate surface area is 63.5 Å². The highest BCUT2D eigenvalue weighted by molar-refractivity contribution is 4.46. The van der Waals surface area contributed by atoms with Gasteiger partial charge < -0.3 is 5.32 Å². The molecule has 10 heavy (non-hydrogen) atoms. The summed E-state index contributed by atoms with van der Waals surface area (Å²) in [5, 5.41) is 4.85. The zero-order chi connectivity index (χ0) is 7.82. The van der Waals surface area contributed by atoms with Gasteiger partial charge in [0.2, 0.25) is 0 Å². The lowest BCUT2D eigenvalue weighted by atomic mass is 10.2. The number of hydrogen-bond acceptors (Lipinski definition) is 3. The number of rotatable bonds is 6. The summed E-state index contributed by atoms with van der Waals surface area (Å²) in [6.07, 6.45) is 3.72. The van der Waals surface area contributed by atoms with E-state index >= 15 is 0 Å². The van der Waals surface area contributed by atoms with Gasteiger partial charge in [0.15, 0.2) is 0 Å². The first-order valence-corrected chi connectivity index (χ1v) is 3.88. The van der Waals surface area contributed by atoms with Crippen molar-refractivity contribution >= 4 is 0 Å². The lowest BCUT2D eigenvalue weighted by Crippen LogP contribution is -2.26. The van der Waals surface area contributed by atoms with E-state index in [0.717, 1.165) is 13.1 Å². The van der Waals surface area contributed by atoms with Crippen LogP contribution < -0.4 is 11.2 Å². The predicted octanol–water partition coefficient (Wildman–Crippen LogP) is 0.182. The average Bonchev–Trinajstić information content (AvgIpc) is 1.87. The largest absolute Gasteiger partial charge is 0.320 e. The Bertz CT molecular complexity index is 63.9. The van der Waals surface area contributed by atoms with Gasteiger partial charge in [-0.2, -0.15) is 0 Å². The number of hydrogen-bond donors (Lipinski definition) is 2. The minimum atomic E-state index is 1.00. The summed E-state index contributed by atoms with van der Waals surface area (Å²) in [6.45, 7) is 2.12. The number of hydrazine groups is 1. The SMILES string of the molecule is CNCCCCCN(C)N. The van der Waals surface area contributed by atoms with Crippen molar-refractivity contribution < 1.29 is 0 Å². The van der Waals surface area contributed by atoms with Crippen LogP contribution in [0.1, 0.15) is 19.3 Å². The summed E-state index contributed by atoms with van der Waals surface area (Å²) in [5.41, 5.74) is 0. The van der Waals surface area contributed by atoms with E-state index in [1.807, 2.05) is 14.1 Å². The predicted molar refractivity (Wildman–Crippen MR) is 44.6 cm³/mol. The van der Waals surface area contributed by atoms with Crippen LogP contribution in [0.15, 0.2) is 0 Å². The Kier molecular flexibility index (Phi) is 6.91. The maximum absolute atomic E-state index is 5.42. The second-order valence-electron chi connectivity index (χ2n) is 2.64. The summed E-state index contributed by atoms with van der Waals surface area (Å²) in [6, 6.07) is 0. The molecule has 0 fully saturated rings. The summed E-state index contributed by atoms with van der Waals surface area (Å²) < 4.78 is 0. The van der Waals surface area contributed by atoms with Gasteiger partial charge in [0, 0.05) is 13.6 Å². The van der Waals surface area contributed by atoms with Crippen LogP contribution in [0.2, 0.25) is 0 Å². The third kappa shape index (κ3) is 7.88. The Morgan fingerprint density at radius 3 is 2.50 bits per heavy atom. The number of nitrogens with one attached hydrogen (secondary N) is 1. The Morgan fingerprint density at radius 1 is 1.30 bits per heavy atom. The van der Waals surface area contributed by atoms with Crippen molar-refractivity contribution in [3.63, 3.8) is 0 Å². The molecule has 0 aliphatic heterocycles. The minimum Gasteiger partial charge on any atom is -0.320 e. The van der Waals surface area contributed by atoms with E-state index in [4.69, 9.17) is 5.84 Å². The van der Waals surface area contributed by atoms with Crippen LogP contribution >= 0.6 is 0 Å². The van der Waals surface area contributed by atoms with Crippen LogP contribution in [0, 0.1) is 0 Å². The van der Waals surface area contributed by atoms with Gasteiger partial charge in [0.05, 0.1) is 0 Å². The summed E-state index contributed by atoms with van der Waals surface area (Å²) in [4.78, 5) is 0. The highest BCUT2D eigenvalue weighted by Gasteiger charge is 1.89. The minimum absolute atomic E-state index is 1.00. The van der Waals surface area contributed by atoms with Gasteiger partial charge in [-0.1, -0.05) is 6.42 Å². The van der Waals surface area contributed by atoms with E-state index in [1.54, 1.807) is 5.01 Å². The molecule has 0 aromatic rings. The third-order valence-electron chi connectivity index (χ3n) is 1.44.